The van der Waals surface area contributed by atoms with Crippen molar-refractivity contribution < 1.29 is 27.9 Å². The summed E-state index contributed by atoms with van der Waals surface area (Å²) in [7, 11) is 0. The van der Waals surface area contributed by atoms with Gasteiger partial charge in [0.15, 0.2) is 0 Å². The van der Waals surface area contributed by atoms with E-state index >= 15 is 0 Å². The van der Waals surface area contributed by atoms with E-state index in [4.69, 9.17) is 0 Å². The van der Waals surface area contributed by atoms with Crippen molar-refractivity contribution in [2.75, 3.05) is 13.1 Å². The number of hydrogen-bond acceptors (Lipinski definition) is 3. The number of carbonyl (C=O) groups is 2. The van der Waals surface area contributed by atoms with Gasteiger partial charge in [-0.15, -0.1) is 0 Å². The van der Waals surface area contributed by atoms with E-state index in [0.717, 1.165) is 0 Å². The maximum Gasteiger partial charge on any atom is 0.406 e. The molecule has 1 saturated heterocycles. The van der Waals surface area contributed by atoms with Gasteiger partial charge in [-0.25, -0.2) is 0 Å². The Hall–Kier alpha value is -1.31. The van der Waals surface area contributed by atoms with Crippen molar-refractivity contribution in [2.24, 2.45) is 5.92 Å². The van der Waals surface area contributed by atoms with Gasteiger partial charge >= 0.3 is 6.18 Å². The van der Waals surface area contributed by atoms with E-state index in [1.54, 1.807) is 0 Å². The van der Waals surface area contributed by atoms with Crippen LogP contribution in [0.15, 0.2) is 0 Å². The third kappa shape index (κ3) is 4.59. The monoisotopic (exact) mass is 308 g/mol. The second-order valence-corrected chi connectivity index (χ2v) is 5.80. The van der Waals surface area contributed by atoms with Crippen LogP contribution in [-0.4, -0.2) is 53.2 Å². The number of nitrogens with one attached hydrogen (secondary N) is 1. The predicted molar refractivity (Wildman–Crippen MR) is 67.1 cm³/mol. The van der Waals surface area contributed by atoms with Crippen LogP contribution in [0.1, 0.15) is 32.1 Å². The standard InChI is InChI=1S/C13H19F3N2O3/c14-13(15,16)7-18-6-8(5-11(18)20)12(21)17-9-1-3-10(19)4-2-9/h8-10,19H,1-7H2,(H,17,21). The van der Waals surface area contributed by atoms with Crippen molar-refractivity contribution in [1.82, 2.24) is 10.2 Å². The van der Waals surface area contributed by atoms with Crippen LogP contribution in [0, 0.1) is 5.92 Å². The van der Waals surface area contributed by atoms with Crippen LogP contribution >= 0.6 is 0 Å². The molecule has 0 bridgehead atoms. The highest BCUT2D eigenvalue weighted by Gasteiger charge is 2.40. The fraction of sp³-hybridized carbons (Fsp3) is 0.846. The van der Waals surface area contributed by atoms with Crippen molar-refractivity contribution in [3.63, 3.8) is 0 Å². The number of likely N-dealkylation sites (tertiary alicyclic amines) is 1. The summed E-state index contributed by atoms with van der Waals surface area (Å²) in [6.07, 6.45) is -2.44. The number of alkyl halides is 3. The fourth-order valence-corrected chi connectivity index (χ4v) is 2.86. The molecular weight excluding hydrogens is 289 g/mol. The van der Waals surface area contributed by atoms with Crippen LogP contribution < -0.4 is 5.32 Å². The van der Waals surface area contributed by atoms with Gasteiger partial charge in [0.2, 0.25) is 11.8 Å². The maximum absolute atomic E-state index is 12.3. The summed E-state index contributed by atoms with van der Waals surface area (Å²) < 4.78 is 36.9. The lowest BCUT2D eigenvalue weighted by molar-refractivity contribution is -0.157. The normalized spacial score (nSPS) is 30.6. The molecule has 8 heteroatoms. The molecule has 0 aromatic rings. The molecule has 21 heavy (non-hydrogen) atoms. The van der Waals surface area contributed by atoms with Gasteiger partial charge in [-0.3, -0.25) is 9.59 Å². The molecule has 2 amide bonds. The molecule has 2 aliphatic rings. The Bertz CT molecular complexity index is 406. The van der Waals surface area contributed by atoms with Crippen LogP contribution in [0.5, 0.6) is 0 Å². The van der Waals surface area contributed by atoms with Gasteiger partial charge < -0.3 is 15.3 Å². The maximum atomic E-state index is 12.3. The number of halogens is 3. The molecule has 1 aliphatic carbocycles. The lowest BCUT2D eigenvalue weighted by Gasteiger charge is -2.27. The van der Waals surface area contributed by atoms with E-state index in [2.05, 4.69) is 5.32 Å². The molecule has 1 saturated carbocycles. The number of nitrogens with zero attached hydrogens (tertiary/aromatic N) is 1. The van der Waals surface area contributed by atoms with Gasteiger partial charge in [0.05, 0.1) is 12.0 Å². The lowest BCUT2D eigenvalue weighted by Crippen LogP contribution is -2.42. The average Bonchev–Trinajstić information content (AvgIpc) is 2.72. The molecule has 0 radical (unpaired) electrons. The first-order valence-electron chi connectivity index (χ1n) is 7.07. The van der Waals surface area contributed by atoms with Gasteiger partial charge in [0, 0.05) is 19.0 Å². The fourth-order valence-electron chi connectivity index (χ4n) is 2.86. The van der Waals surface area contributed by atoms with Crippen molar-refractivity contribution in [3.8, 4) is 0 Å². The Labute approximate surface area is 120 Å². The molecule has 2 rings (SSSR count). The molecule has 2 fully saturated rings. The zero-order valence-corrected chi connectivity index (χ0v) is 11.5. The Balaban J connectivity index is 1.82. The molecular formula is C13H19F3N2O3. The number of rotatable bonds is 3. The first kappa shape index (κ1) is 16.1. The SMILES string of the molecule is O=C(NC1CCC(O)CC1)C1CC(=O)N(CC(F)(F)F)C1. The van der Waals surface area contributed by atoms with Crippen LogP contribution in [0.2, 0.25) is 0 Å². The van der Waals surface area contributed by atoms with Gasteiger partial charge in [-0.1, -0.05) is 0 Å². The molecule has 2 N–H and O–H groups in total. The highest BCUT2D eigenvalue weighted by atomic mass is 19.4. The van der Waals surface area contributed by atoms with E-state index < -0.39 is 24.5 Å². The zero-order chi connectivity index (χ0) is 15.6. The molecule has 1 unspecified atom stereocenters. The lowest BCUT2D eigenvalue weighted by atomic mass is 9.92. The first-order valence-corrected chi connectivity index (χ1v) is 7.07. The smallest absolute Gasteiger partial charge is 0.393 e. The Kier molecular flexibility index (Phi) is 4.75. The summed E-state index contributed by atoms with van der Waals surface area (Å²) in [5.74, 6) is -1.72. The zero-order valence-electron chi connectivity index (χ0n) is 11.5. The highest BCUT2D eigenvalue weighted by molar-refractivity contribution is 5.89. The van der Waals surface area contributed by atoms with E-state index in [1.165, 1.54) is 0 Å². The molecule has 1 heterocycles. The van der Waals surface area contributed by atoms with Crippen molar-refractivity contribution in [1.29, 1.82) is 0 Å². The minimum atomic E-state index is -4.44. The van der Waals surface area contributed by atoms with Crippen molar-refractivity contribution >= 4 is 11.8 Å². The summed E-state index contributed by atoms with van der Waals surface area (Å²) in [6, 6.07) is -0.0623. The molecule has 5 nitrogen and oxygen atoms in total. The Morgan fingerprint density at radius 3 is 2.48 bits per heavy atom. The number of aliphatic hydroxyl groups excluding tert-OH is 1. The second kappa shape index (κ2) is 6.21. The molecule has 1 atom stereocenters. The Morgan fingerprint density at radius 2 is 1.90 bits per heavy atom. The molecule has 0 aromatic heterocycles. The first-order chi connectivity index (χ1) is 9.74. The van der Waals surface area contributed by atoms with Gasteiger partial charge in [0.25, 0.3) is 0 Å². The van der Waals surface area contributed by atoms with E-state index in [1.807, 2.05) is 0 Å². The third-order valence-corrected chi connectivity index (χ3v) is 4.00. The largest absolute Gasteiger partial charge is 0.406 e. The van der Waals surface area contributed by atoms with Crippen LogP contribution in [0.3, 0.4) is 0 Å². The summed E-state index contributed by atoms with van der Waals surface area (Å²) in [6.45, 7) is -1.48. The van der Waals surface area contributed by atoms with E-state index in [9.17, 15) is 27.9 Å². The number of amides is 2. The van der Waals surface area contributed by atoms with E-state index in [-0.39, 0.29) is 31.0 Å². The third-order valence-electron chi connectivity index (χ3n) is 4.00. The average molecular weight is 308 g/mol. The van der Waals surface area contributed by atoms with Gasteiger partial charge in [-0.2, -0.15) is 13.2 Å². The Morgan fingerprint density at radius 1 is 1.29 bits per heavy atom. The van der Waals surface area contributed by atoms with Crippen LogP contribution in [0.4, 0.5) is 13.2 Å². The minimum absolute atomic E-state index is 0.0623. The molecule has 0 aromatic carbocycles. The van der Waals surface area contributed by atoms with Gasteiger partial charge in [-0.05, 0) is 25.7 Å². The van der Waals surface area contributed by atoms with Crippen molar-refractivity contribution in [2.45, 2.75) is 50.4 Å². The molecule has 0 spiro atoms. The minimum Gasteiger partial charge on any atom is -0.393 e. The molecule has 120 valence electrons. The summed E-state index contributed by atoms with van der Waals surface area (Å²) >= 11 is 0. The van der Waals surface area contributed by atoms with Gasteiger partial charge in [0.1, 0.15) is 6.54 Å². The number of aliphatic hydroxyl groups is 1. The number of hydrogen-bond donors (Lipinski definition) is 2. The quantitative estimate of drug-likeness (QED) is 0.811. The highest BCUT2D eigenvalue weighted by Crippen LogP contribution is 2.25. The molecule has 1 aliphatic heterocycles. The van der Waals surface area contributed by atoms with Crippen molar-refractivity contribution in [3.05, 3.63) is 0 Å². The van der Waals surface area contributed by atoms with Crippen LogP contribution in [0.25, 0.3) is 0 Å². The summed E-state index contributed by atoms with van der Waals surface area (Å²) in [5, 5.41) is 12.2. The van der Waals surface area contributed by atoms with E-state index in [0.29, 0.717) is 30.6 Å². The van der Waals surface area contributed by atoms with Crippen LogP contribution in [-0.2, 0) is 9.59 Å². The topological polar surface area (TPSA) is 69.6 Å². The summed E-state index contributed by atoms with van der Waals surface area (Å²) in [5.41, 5.74) is 0. The number of carbonyl (C=O) groups excluding carboxylic acids is 2. The predicted octanol–water partition coefficient (Wildman–Crippen LogP) is 0.817. The summed E-state index contributed by atoms with van der Waals surface area (Å²) in [4.78, 5) is 24.2. The second-order valence-electron chi connectivity index (χ2n) is 5.80.